The van der Waals surface area contributed by atoms with Gasteiger partial charge in [0, 0.05) is 0 Å². The minimum Gasteiger partial charge on any atom is -0.0883 e. The number of fused-ring (bicyclic) bond motifs is 2. The summed E-state index contributed by atoms with van der Waals surface area (Å²) in [7, 11) is 0. The van der Waals surface area contributed by atoms with Crippen LogP contribution < -0.4 is 0 Å². The average Bonchev–Trinajstić information content (AvgIpc) is 1.89. The second kappa shape index (κ2) is 1.61. The number of hydrogen-bond donors (Lipinski definition) is 0. The van der Waals surface area contributed by atoms with Crippen LogP contribution in [-0.4, -0.2) is 0 Å². The Morgan fingerprint density at radius 1 is 0.875 bits per heavy atom. The van der Waals surface area contributed by atoms with Crippen molar-refractivity contribution in [3.05, 3.63) is 12.2 Å². The molecule has 0 unspecified atom stereocenters. The molecule has 1 saturated carbocycles. The van der Waals surface area contributed by atoms with E-state index in [0.717, 1.165) is 11.8 Å². The van der Waals surface area contributed by atoms with Gasteiger partial charge in [-0.05, 0) is 37.5 Å². The number of rotatable bonds is 0. The van der Waals surface area contributed by atoms with E-state index in [4.69, 9.17) is 0 Å². The van der Waals surface area contributed by atoms with Crippen molar-refractivity contribution < 1.29 is 0 Å². The second-order valence-corrected chi connectivity index (χ2v) is 3.15. The lowest BCUT2D eigenvalue weighted by Gasteiger charge is -2.31. The van der Waals surface area contributed by atoms with Crippen LogP contribution in [0.4, 0.5) is 0 Å². The molecule has 3 aliphatic rings. The van der Waals surface area contributed by atoms with Crippen molar-refractivity contribution in [2.75, 3.05) is 0 Å². The first-order valence-corrected chi connectivity index (χ1v) is 3.60. The van der Waals surface area contributed by atoms with Crippen molar-refractivity contribution in [3.8, 4) is 0 Å². The van der Waals surface area contributed by atoms with E-state index in [2.05, 4.69) is 12.2 Å². The average molecular weight is 108 g/mol. The molecule has 0 aromatic rings. The molecule has 3 rings (SSSR count). The molecule has 3 aliphatic carbocycles. The van der Waals surface area contributed by atoms with Gasteiger partial charge in [0.25, 0.3) is 0 Å². The lowest BCUT2D eigenvalue weighted by Crippen LogP contribution is -2.20. The summed E-state index contributed by atoms with van der Waals surface area (Å²) in [6, 6.07) is 0. The van der Waals surface area contributed by atoms with Gasteiger partial charge >= 0.3 is 0 Å². The Kier molecular flexibility index (Phi) is 0.927. The minimum absolute atomic E-state index is 1.08. The summed E-state index contributed by atoms with van der Waals surface area (Å²) in [5.74, 6) is 2.16. The molecule has 0 N–H and O–H groups in total. The van der Waals surface area contributed by atoms with Gasteiger partial charge in [0.2, 0.25) is 0 Å². The zero-order chi connectivity index (χ0) is 5.40. The van der Waals surface area contributed by atoms with Crippen LogP contribution in [0.5, 0.6) is 0 Å². The van der Waals surface area contributed by atoms with Crippen LogP contribution in [0.1, 0.15) is 25.7 Å². The molecule has 0 amide bonds. The molecule has 0 aliphatic heterocycles. The van der Waals surface area contributed by atoms with Crippen molar-refractivity contribution >= 4 is 0 Å². The first kappa shape index (κ1) is 4.60. The third-order valence-electron chi connectivity index (χ3n) is 2.44. The van der Waals surface area contributed by atoms with Crippen molar-refractivity contribution in [1.82, 2.24) is 0 Å². The molecule has 0 heteroatoms. The maximum Gasteiger partial charge on any atom is -0.0322 e. The van der Waals surface area contributed by atoms with Crippen LogP contribution in [0.2, 0.25) is 0 Å². The second-order valence-electron chi connectivity index (χ2n) is 3.15. The van der Waals surface area contributed by atoms with Gasteiger partial charge in [-0.3, -0.25) is 0 Å². The molecule has 0 aromatic heterocycles. The summed E-state index contributed by atoms with van der Waals surface area (Å²) in [5, 5.41) is 0. The van der Waals surface area contributed by atoms with Crippen molar-refractivity contribution in [2.45, 2.75) is 25.7 Å². The normalized spacial score (nSPS) is 43.0. The van der Waals surface area contributed by atoms with Crippen LogP contribution in [0.3, 0.4) is 0 Å². The Morgan fingerprint density at radius 3 is 1.88 bits per heavy atom. The largest absolute Gasteiger partial charge is 0.0883 e. The highest BCUT2D eigenvalue weighted by atomic mass is 14.3. The quantitative estimate of drug-likeness (QED) is 0.418. The highest BCUT2D eigenvalue weighted by Crippen LogP contribution is 2.40. The minimum atomic E-state index is 1.08. The van der Waals surface area contributed by atoms with Crippen LogP contribution >= 0.6 is 0 Å². The van der Waals surface area contributed by atoms with Gasteiger partial charge in [0.1, 0.15) is 0 Å². The molecule has 0 saturated heterocycles. The molecular formula is C8H12. The van der Waals surface area contributed by atoms with Crippen molar-refractivity contribution in [2.24, 2.45) is 11.8 Å². The fourth-order valence-corrected chi connectivity index (χ4v) is 1.84. The van der Waals surface area contributed by atoms with Gasteiger partial charge in [-0.2, -0.15) is 0 Å². The Balaban J connectivity index is 2.05. The molecule has 8 heavy (non-hydrogen) atoms. The molecule has 2 bridgehead atoms. The maximum atomic E-state index is 2.36. The standard InChI is InChI=1S/C8H12/c1-2-4-8-5-7(3-1)6-8/h1-2,7-8H,3-6H2. The number of hydrogen-bond acceptors (Lipinski definition) is 0. The Bertz CT molecular complexity index is 95.2. The van der Waals surface area contributed by atoms with Gasteiger partial charge in [-0.1, -0.05) is 12.2 Å². The third kappa shape index (κ3) is 0.594. The van der Waals surface area contributed by atoms with Gasteiger partial charge in [-0.15, -0.1) is 0 Å². The molecule has 0 aromatic carbocycles. The molecule has 0 spiro atoms. The van der Waals surface area contributed by atoms with Crippen LogP contribution in [-0.2, 0) is 0 Å². The SMILES string of the molecule is C1=CCC2CC(C1)C2. The van der Waals surface area contributed by atoms with Gasteiger partial charge in [0.05, 0.1) is 0 Å². The summed E-state index contributed by atoms with van der Waals surface area (Å²) in [4.78, 5) is 0. The van der Waals surface area contributed by atoms with E-state index in [1.807, 2.05) is 0 Å². The van der Waals surface area contributed by atoms with E-state index in [9.17, 15) is 0 Å². The van der Waals surface area contributed by atoms with Gasteiger partial charge in [0.15, 0.2) is 0 Å². The molecule has 0 atom stereocenters. The maximum absolute atomic E-state index is 2.36. The van der Waals surface area contributed by atoms with Gasteiger partial charge in [-0.25, -0.2) is 0 Å². The smallest absolute Gasteiger partial charge is 0.0322 e. The Hall–Kier alpha value is -0.260. The summed E-state index contributed by atoms with van der Waals surface area (Å²) < 4.78 is 0. The van der Waals surface area contributed by atoms with E-state index >= 15 is 0 Å². The van der Waals surface area contributed by atoms with E-state index < -0.39 is 0 Å². The first-order valence-electron chi connectivity index (χ1n) is 3.60. The molecule has 1 fully saturated rings. The number of allylic oxidation sites excluding steroid dienone is 2. The summed E-state index contributed by atoms with van der Waals surface area (Å²) in [6.45, 7) is 0. The third-order valence-corrected chi connectivity index (χ3v) is 2.44. The van der Waals surface area contributed by atoms with E-state index in [-0.39, 0.29) is 0 Å². The first-order chi connectivity index (χ1) is 3.95. The zero-order valence-electron chi connectivity index (χ0n) is 5.14. The van der Waals surface area contributed by atoms with E-state index in [1.165, 1.54) is 25.7 Å². The van der Waals surface area contributed by atoms with E-state index in [0.29, 0.717) is 0 Å². The summed E-state index contributed by atoms with van der Waals surface area (Å²) in [6.07, 6.45) is 10.5. The lowest BCUT2D eigenvalue weighted by atomic mass is 9.74. The highest BCUT2D eigenvalue weighted by molar-refractivity contribution is 4.97. The molecule has 0 heterocycles. The fourth-order valence-electron chi connectivity index (χ4n) is 1.84. The molecular weight excluding hydrogens is 96.1 g/mol. The predicted molar refractivity (Wildman–Crippen MR) is 34.6 cm³/mol. The molecule has 0 nitrogen and oxygen atoms in total. The predicted octanol–water partition coefficient (Wildman–Crippen LogP) is 2.36. The molecule has 0 radical (unpaired) electrons. The van der Waals surface area contributed by atoms with Crippen LogP contribution in [0, 0.1) is 11.8 Å². The van der Waals surface area contributed by atoms with Crippen LogP contribution in [0.15, 0.2) is 12.2 Å². The van der Waals surface area contributed by atoms with Crippen molar-refractivity contribution in [3.63, 3.8) is 0 Å². The van der Waals surface area contributed by atoms with E-state index in [1.54, 1.807) is 0 Å². The fraction of sp³-hybridized carbons (Fsp3) is 0.750. The lowest BCUT2D eigenvalue weighted by molar-refractivity contribution is 0.206. The highest BCUT2D eigenvalue weighted by Gasteiger charge is 2.28. The molecule has 44 valence electrons. The van der Waals surface area contributed by atoms with Gasteiger partial charge < -0.3 is 0 Å². The zero-order valence-corrected chi connectivity index (χ0v) is 5.14. The Labute approximate surface area is 50.6 Å². The Morgan fingerprint density at radius 2 is 1.38 bits per heavy atom. The summed E-state index contributed by atoms with van der Waals surface area (Å²) >= 11 is 0. The van der Waals surface area contributed by atoms with Crippen molar-refractivity contribution in [1.29, 1.82) is 0 Å². The summed E-state index contributed by atoms with van der Waals surface area (Å²) in [5.41, 5.74) is 0. The monoisotopic (exact) mass is 108 g/mol. The topological polar surface area (TPSA) is 0 Å². The van der Waals surface area contributed by atoms with Crippen LogP contribution in [0.25, 0.3) is 0 Å².